The largest absolute Gasteiger partial charge is 0.468 e. The number of ether oxygens (including phenoxy) is 1. The van der Waals surface area contributed by atoms with Gasteiger partial charge in [-0.3, -0.25) is 4.79 Å². The highest BCUT2D eigenvalue weighted by Crippen LogP contribution is 2.23. The molecule has 0 saturated heterocycles. The van der Waals surface area contributed by atoms with Crippen molar-refractivity contribution in [3.8, 4) is 11.4 Å². The summed E-state index contributed by atoms with van der Waals surface area (Å²) in [5.41, 5.74) is 3.23. The van der Waals surface area contributed by atoms with Crippen LogP contribution in [0, 0.1) is 0 Å². The molecule has 0 aliphatic rings. The highest BCUT2D eigenvalue weighted by atomic mass is 32.2. The number of nitrogens with zero attached hydrogens (tertiary/aromatic N) is 1. The maximum absolute atomic E-state index is 13.1. The molecule has 4 aromatic rings. The Balaban J connectivity index is 1.51. The minimum atomic E-state index is -3.97. The summed E-state index contributed by atoms with van der Waals surface area (Å²) in [5.74, 6) is 0.912. The number of H-pyrrole nitrogens is 1. The molecule has 0 spiro atoms. The van der Waals surface area contributed by atoms with Crippen molar-refractivity contribution < 1.29 is 17.9 Å². The van der Waals surface area contributed by atoms with Crippen molar-refractivity contribution in [2.45, 2.75) is 16.7 Å². The zero-order valence-corrected chi connectivity index (χ0v) is 19.5. The van der Waals surface area contributed by atoms with E-state index in [2.05, 4.69) is 14.7 Å². The molecule has 0 bridgehead atoms. The van der Waals surface area contributed by atoms with Crippen molar-refractivity contribution in [2.24, 2.45) is 0 Å². The first-order valence-electron chi connectivity index (χ1n) is 10.2. The Bertz CT molecular complexity index is 1340. The summed E-state index contributed by atoms with van der Waals surface area (Å²) in [7, 11) is -2.73. The van der Waals surface area contributed by atoms with Crippen LogP contribution < -0.4 is 4.72 Å². The molecule has 0 unspecified atom stereocenters. The van der Waals surface area contributed by atoms with Crippen LogP contribution in [0.2, 0.25) is 0 Å². The third-order valence-electron chi connectivity index (χ3n) is 4.99. The molecular weight excluding hydrogens is 458 g/mol. The van der Waals surface area contributed by atoms with Gasteiger partial charge in [-0.25, -0.2) is 13.4 Å². The quantitative estimate of drug-likeness (QED) is 0.351. The number of hydrogen-bond donors (Lipinski definition) is 2. The predicted octanol–water partition coefficient (Wildman–Crippen LogP) is 3.98. The lowest BCUT2D eigenvalue weighted by molar-refractivity contribution is -0.141. The summed E-state index contributed by atoms with van der Waals surface area (Å²) in [4.78, 5) is 20.0. The second-order valence-electron chi connectivity index (χ2n) is 7.33. The highest BCUT2D eigenvalue weighted by molar-refractivity contribution is 7.98. The van der Waals surface area contributed by atoms with Crippen molar-refractivity contribution in [1.29, 1.82) is 0 Å². The van der Waals surface area contributed by atoms with Crippen LogP contribution >= 0.6 is 11.8 Å². The van der Waals surface area contributed by atoms with Crippen molar-refractivity contribution in [1.82, 2.24) is 14.7 Å². The van der Waals surface area contributed by atoms with Crippen LogP contribution in [0.5, 0.6) is 0 Å². The molecule has 0 aliphatic carbocycles. The smallest absolute Gasteiger partial charge is 0.324 e. The number of nitrogens with one attached hydrogen (secondary N) is 2. The van der Waals surface area contributed by atoms with Gasteiger partial charge < -0.3 is 9.72 Å². The van der Waals surface area contributed by atoms with Crippen LogP contribution in [0.3, 0.4) is 0 Å². The Morgan fingerprint density at radius 3 is 2.45 bits per heavy atom. The Labute approximate surface area is 196 Å². The number of benzene rings is 3. The van der Waals surface area contributed by atoms with E-state index in [0.717, 1.165) is 11.1 Å². The molecule has 1 aromatic heterocycles. The lowest BCUT2D eigenvalue weighted by Gasteiger charge is -2.16. The topological polar surface area (TPSA) is 101 Å². The summed E-state index contributed by atoms with van der Waals surface area (Å²) in [6.45, 7) is 0. The molecule has 170 valence electrons. The van der Waals surface area contributed by atoms with Crippen LogP contribution in [-0.4, -0.2) is 43.3 Å². The van der Waals surface area contributed by atoms with E-state index in [1.165, 1.54) is 31.0 Å². The van der Waals surface area contributed by atoms with Gasteiger partial charge in [-0.05, 0) is 23.8 Å². The molecule has 0 fully saturated rings. The maximum Gasteiger partial charge on any atom is 0.324 e. The number of rotatable bonds is 9. The monoisotopic (exact) mass is 481 g/mol. The van der Waals surface area contributed by atoms with Crippen molar-refractivity contribution >= 4 is 38.8 Å². The fourth-order valence-corrected chi connectivity index (χ4v) is 5.62. The number of aromatic amines is 1. The van der Waals surface area contributed by atoms with E-state index in [1.54, 1.807) is 6.07 Å². The van der Waals surface area contributed by atoms with Gasteiger partial charge in [-0.15, -0.1) is 0 Å². The lowest BCUT2D eigenvalue weighted by Crippen LogP contribution is -2.43. The van der Waals surface area contributed by atoms with Crippen LogP contribution in [0.4, 0.5) is 0 Å². The number of esters is 1. The average Bonchev–Trinajstić information content (AvgIpc) is 3.28. The minimum Gasteiger partial charge on any atom is -0.468 e. The third kappa shape index (κ3) is 5.62. The number of fused-ring (bicyclic) bond motifs is 1. The number of carbonyl (C=O) groups excluding carboxylic acids is 1. The summed E-state index contributed by atoms with van der Waals surface area (Å²) in [6, 6.07) is 23.0. The first-order valence-corrected chi connectivity index (χ1v) is 12.9. The van der Waals surface area contributed by atoms with Gasteiger partial charge in [0.2, 0.25) is 10.0 Å². The molecule has 1 heterocycles. The molecule has 2 N–H and O–H groups in total. The van der Waals surface area contributed by atoms with E-state index in [9.17, 15) is 13.2 Å². The SMILES string of the molecule is COC(=O)[C@H](CSCc1ccccc1)NS(=O)(=O)c1ccc2nc(-c3ccccc3)[nH]c2c1. The Kier molecular flexibility index (Phi) is 7.12. The van der Waals surface area contributed by atoms with E-state index in [4.69, 9.17) is 4.74 Å². The maximum atomic E-state index is 13.1. The fourth-order valence-electron chi connectivity index (χ4n) is 3.31. The van der Waals surface area contributed by atoms with Crippen molar-refractivity contribution in [3.63, 3.8) is 0 Å². The first-order chi connectivity index (χ1) is 16.0. The summed E-state index contributed by atoms with van der Waals surface area (Å²) < 4.78 is 33.4. The highest BCUT2D eigenvalue weighted by Gasteiger charge is 2.27. The number of methoxy groups -OCH3 is 1. The Hall–Kier alpha value is -3.14. The molecule has 0 aliphatic heterocycles. The molecule has 1 atom stereocenters. The normalized spacial score (nSPS) is 12.5. The Morgan fingerprint density at radius 1 is 1.06 bits per heavy atom. The molecule has 4 rings (SSSR count). The molecule has 0 radical (unpaired) electrons. The van der Waals surface area contributed by atoms with E-state index in [1.807, 2.05) is 60.7 Å². The van der Waals surface area contributed by atoms with E-state index >= 15 is 0 Å². The van der Waals surface area contributed by atoms with Crippen LogP contribution in [0.15, 0.2) is 83.8 Å². The molecule has 0 amide bonds. The van der Waals surface area contributed by atoms with Crippen molar-refractivity contribution in [2.75, 3.05) is 12.9 Å². The average molecular weight is 482 g/mol. The minimum absolute atomic E-state index is 0.0419. The summed E-state index contributed by atoms with van der Waals surface area (Å²) in [6.07, 6.45) is 0. The van der Waals surface area contributed by atoms with Gasteiger partial charge in [0.1, 0.15) is 11.9 Å². The molecule has 0 saturated carbocycles. The van der Waals surface area contributed by atoms with Crippen LogP contribution in [0.25, 0.3) is 22.4 Å². The number of imidazole rings is 1. The second kappa shape index (κ2) is 10.2. The predicted molar refractivity (Wildman–Crippen MR) is 130 cm³/mol. The molecule has 3 aromatic carbocycles. The molecule has 33 heavy (non-hydrogen) atoms. The third-order valence-corrected chi connectivity index (χ3v) is 7.57. The second-order valence-corrected chi connectivity index (χ2v) is 10.1. The van der Waals surface area contributed by atoms with Gasteiger partial charge >= 0.3 is 5.97 Å². The van der Waals surface area contributed by atoms with Gasteiger partial charge in [-0.1, -0.05) is 60.7 Å². The molecule has 7 nitrogen and oxygen atoms in total. The van der Waals surface area contributed by atoms with Gasteiger partial charge in [0.05, 0.1) is 23.0 Å². The van der Waals surface area contributed by atoms with Crippen LogP contribution in [0.1, 0.15) is 5.56 Å². The van der Waals surface area contributed by atoms with Crippen molar-refractivity contribution in [3.05, 3.63) is 84.4 Å². The van der Waals surface area contributed by atoms with Gasteiger partial charge in [-0.2, -0.15) is 16.5 Å². The van der Waals surface area contributed by atoms with E-state index < -0.39 is 22.0 Å². The number of hydrogen-bond acceptors (Lipinski definition) is 6. The zero-order chi connectivity index (χ0) is 23.3. The molecular formula is C24H23N3O4S2. The van der Waals surface area contributed by atoms with Gasteiger partial charge in [0.25, 0.3) is 0 Å². The lowest BCUT2D eigenvalue weighted by atomic mass is 10.2. The number of thioether (sulfide) groups is 1. The summed E-state index contributed by atoms with van der Waals surface area (Å²) in [5, 5.41) is 0. The molecule has 9 heteroatoms. The Morgan fingerprint density at radius 2 is 1.76 bits per heavy atom. The van der Waals surface area contributed by atoms with Gasteiger partial charge in [0.15, 0.2) is 0 Å². The van der Waals surface area contributed by atoms with E-state index in [0.29, 0.717) is 22.6 Å². The number of sulfonamides is 1. The standard InChI is InChI=1S/C24H23N3O4S2/c1-31-24(28)22(16-32-15-17-8-4-2-5-9-17)27-33(29,30)19-12-13-20-21(14-19)26-23(25-20)18-10-6-3-7-11-18/h2-14,22,27H,15-16H2,1H3,(H,25,26)/t22-/m0/s1. The number of carbonyl (C=O) groups is 1. The summed E-state index contributed by atoms with van der Waals surface area (Å²) >= 11 is 1.45. The van der Waals surface area contributed by atoms with E-state index in [-0.39, 0.29) is 10.6 Å². The van der Waals surface area contributed by atoms with Gasteiger partial charge in [0, 0.05) is 17.1 Å². The first kappa shape index (κ1) is 23.0. The number of aromatic nitrogens is 2. The van der Waals surface area contributed by atoms with Crippen LogP contribution in [-0.2, 0) is 25.3 Å². The zero-order valence-electron chi connectivity index (χ0n) is 17.9. The fraction of sp³-hybridized carbons (Fsp3) is 0.167.